The summed E-state index contributed by atoms with van der Waals surface area (Å²) in [5.74, 6) is -1.15. The van der Waals surface area contributed by atoms with Crippen LogP contribution in [-0.4, -0.2) is 32.3 Å². The molecule has 3 rings (SSSR count). The second-order valence-electron chi connectivity index (χ2n) is 6.05. The summed E-state index contributed by atoms with van der Waals surface area (Å²) >= 11 is 0. The molecule has 0 aliphatic heterocycles. The maximum Gasteiger partial charge on any atom is 0.305 e. The molecule has 1 aliphatic carbocycles. The molecule has 1 aliphatic rings. The number of carboxylic acids is 1. The summed E-state index contributed by atoms with van der Waals surface area (Å²) in [5.41, 5.74) is 1.49. The highest BCUT2D eigenvalue weighted by molar-refractivity contribution is 5.96. The Morgan fingerprint density at radius 3 is 2.57 bits per heavy atom. The molecule has 0 spiro atoms. The van der Waals surface area contributed by atoms with Crippen LogP contribution in [0.15, 0.2) is 36.5 Å². The van der Waals surface area contributed by atoms with E-state index in [4.69, 9.17) is 5.11 Å². The van der Waals surface area contributed by atoms with Crippen LogP contribution >= 0.6 is 0 Å². The number of hydrogen-bond acceptors (Lipinski definition) is 3. The smallest absolute Gasteiger partial charge is 0.305 e. The van der Waals surface area contributed by atoms with Gasteiger partial charge in [0.2, 0.25) is 0 Å². The molecular weight excluding hydrogens is 294 g/mol. The molecule has 1 heterocycles. The number of nitrogens with zero attached hydrogens (tertiary/aromatic N) is 2. The summed E-state index contributed by atoms with van der Waals surface area (Å²) < 4.78 is 1.71. The zero-order valence-corrected chi connectivity index (χ0v) is 13.0. The SMILES string of the molecule is Cc1c(C(=O)NC2(CC(=O)O)CCC2)cnn1-c1ccccc1. The third-order valence-corrected chi connectivity index (χ3v) is 4.43. The lowest BCUT2D eigenvalue weighted by molar-refractivity contribution is -0.139. The number of carbonyl (C=O) groups excluding carboxylic acids is 1. The van der Waals surface area contributed by atoms with Gasteiger partial charge in [0.15, 0.2) is 0 Å². The summed E-state index contributed by atoms with van der Waals surface area (Å²) in [7, 11) is 0. The lowest BCUT2D eigenvalue weighted by Crippen LogP contribution is -2.54. The van der Waals surface area contributed by atoms with Crippen molar-refractivity contribution >= 4 is 11.9 Å². The number of aliphatic carboxylic acids is 1. The molecule has 0 bridgehead atoms. The minimum atomic E-state index is -0.887. The molecule has 23 heavy (non-hydrogen) atoms. The number of para-hydroxylation sites is 1. The van der Waals surface area contributed by atoms with Crippen molar-refractivity contribution in [3.05, 3.63) is 47.8 Å². The Balaban J connectivity index is 1.81. The molecule has 6 nitrogen and oxygen atoms in total. The van der Waals surface area contributed by atoms with Crippen LogP contribution in [0.4, 0.5) is 0 Å². The van der Waals surface area contributed by atoms with Crippen molar-refractivity contribution in [3.8, 4) is 5.69 Å². The lowest BCUT2D eigenvalue weighted by atomic mass is 9.74. The van der Waals surface area contributed by atoms with E-state index in [1.807, 2.05) is 37.3 Å². The molecule has 2 aromatic rings. The van der Waals surface area contributed by atoms with E-state index in [9.17, 15) is 9.59 Å². The highest BCUT2D eigenvalue weighted by atomic mass is 16.4. The van der Waals surface area contributed by atoms with E-state index in [2.05, 4.69) is 10.4 Å². The molecule has 0 atom stereocenters. The van der Waals surface area contributed by atoms with Gasteiger partial charge in [0, 0.05) is 0 Å². The van der Waals surface area contributed by atoms with Gasteiger partial charge in [0.25, 0.3) is 5.91 Å². The number of amides is 1. The van der Waals surface area contributed by atoms with Gasteiger partial charge in [-0.15, -0.1) is 0 Å². The van der Waals surface area contributed by atoms with Crippen molar-refractivity contribution in [1.82, 2.24) is 15.1 Å². The van der Waals surface area contributed by atoms with E-state index < -0.39 is 11.5 Å². The summed E-state index contributed by atoms with van der Waals surface area (Å²) in [4.78, 5) is 23.6. The number of carboxylic acid groups (broad SMARTS) is 1. The quantitative estimate of drug-likeness (QED) is 0.887. The fraction of sp³-hybridized carbons (Fsp3) is 0.353. The molecule has 1 fully saturated rings. The van der Waals surface area contributed by atoms with Crippen molar-refractivity contribution in [2.24, 2.45) is 0 Å². The first-order chi connectivity index (χ1) is 11.0. The number of aromatic nitrogens is 2. The highest BCUT2D eigenvalue weighted by Crippen LogP contribution is 2.35. The standard InChI is InChI=1S/C17H19N3O3/c1-12-14(11-18-20(12)13-6-3-2-4-7-13)16(23)19-17(8-5-9-17)10-15(21)22/h2-4,6-7,11H,5,8-10H2,1H3,(H,19,23)(H,21,22). The lowest BCUT2D eigenvalue weighted by Gasteiger charge is -2.41. The number of carbonyl (C=O) groups is 2. The summed E-state index contributed by atoms with van der Waals surface area (Å²) in [6.45, 7) is 1.83. The summed E-state index contributed by atoms with van der Waals surface area (Å²) in [6, 6.07) is 9.57. The first kappa shape index (κ1) is 15.3. The Morgan fingerprint density at radius 2 is 2.00 bits per heavy atom. The van der Waals surface area contributed by atoms with E-state index in [0.717, 1.165) is 17.8 Å². The fourth-order valence-corrected chi connectivity index (χ4v) is 3.01. The van der Waals surface area contributed by atoms with Gasteiger partial charge in [-0.1, -0.05) is 18.2 Å². The molecule has 0 saturated heterocycles. The maximum absolute atomic E-state index is 12.5. The topological polar surface area (TPSA) is 84.2 Å². The Bertz CT molecular complexity index is 733. The molecule has 2 N–H and O–H groups in total. The number of benzene rings is 1. The molecule has 1 aromatic carbocycles. The van der Waals surface area contributed by atoms with Crippen LogP contribution in [0.1, 0.15) is 41.7 Å². The zero-order valence-electron chi connectivity index (χ0n) is 13.0. The van der Waals surface area contributed by atoms with Crippen LogP contribution in [0.25, 0.3) is 5.69 Å². The van der Waals surface area contributed by atoms with Gasteiger partial charge in [-0.25, -0.2) is 4.68 Å². The number of rotatable bonds is 5. The molecule has 6 heteroatoms. The monoisotopic (exact) mass is 313 g/mol. The van der Waals surface area contributed by atoms with Gasteiger partial charge >= 0.3 is 5.97 Å². The summed E-state index contributed by atoms with van der Waals surface area (Å²) in [5, 5.41) is 16.2. The van der Waals surface area contributed by atoms with Gasteiger partial charge < -0.3 is 10.4 Å². The van der Waals surface area contributed by atoms with E-state index in [0.29, 0.717) is 18.4 Å². The van der Waals surface area contributed by atoms with Crippen LogP contribution in [0.2, 0.25) is 0 Å². The van der Waals surface area contributed by atoms with E-state index in [-0.39, 0.29) is 12.3 Å². The molecule has 120 valence electrons. The fourth-order valence-electron chi connectivity index (χ4n) is 3.01. The van der Waals surface area contributed by atoms with Crippen molar-refractivity contribution in [1.29, 1.82) is 0 Å². The predicted octanol–water partition coefficient (Wildman–Crippen LogP) is 2.31. The number of hydrogen-bond donors (Lipinski definition) is 2. The molecule has 1 amide bonds. The first-order valence-corrected chi connectivity index (χ1v) is 7.65. The Kier molecular flexibility index (Phi) is 3.90. The second kappa shape index (κ2) is 5.87. The van der Waals surface area contributed by atoms with E-state index in [1.165, 1.54) is 6.20 Å². The molecule has 1 saturated carbocycles. The minimum Gasteiger partial charge on any atom is -0.481 e. The van der Waals surface area contributed by atoms with Gasteiger partial charge in [-0.2, -0.15) is 5.10 Å². The Hall–Kier alpha value is -2.63. The second-order valence-corrected chi connectivity index (χ2v) is 6.05. The Morgan fingerprint density at radius 1 is 1.30 bits per heavy atom. The van der Waals surface area contributed by atoms with Crippen molar-refractivity contribution < 1.29 is 14.7 Å². The van der Waals surface area contributed by atoms with Crippen molar-refractivity contribution in [2.45, 2.75) is 38.1 Å². The van der Waals surface area contributed by atoms with Crippen LogP contribution in [0, 0.1) is 6.92 Å². The summed E-state index contributed by atoms with van der Waals surface area (Å²) in [6.07, 6.45) is 3.85. The van der Waals surface area contributed by atoms with Crippen molar-refractivity contribution in [3.63, 3.8) is 0 Å². The zero-order chi connectivity index (χ0) is 16.4. The normalized spacial score (nSPS) is 15.7. The van der Waals surface area contributed by atoms with Crippen LogP contribution in [0.5, 0.6) is 0 Å². The predicted molar refractivity (Wildman–Crippen MR) is 84.6 cm³/mol. The molecule has 0 unspecified atom stereocenters. The van der Waals surface area contributed by atoms with Crippen LogP contribution < -0.4 is 5.32 Å². The van der Waals surface area contributed by atoms with E-state index >= 15 is 0 Å². The maximum atomic E-state index is 12.5. The third-order valence-electron chi connectivity index (χ3n) is 4.43. The minimum absolute atomic E-state index is 0.0371. The van der Waals surface area contributed by atoms with Gasteiger partial charge in [-0.3, -0.25) is 9.59 Å². The first-order valence-electron chi connectivity index (χ1n) is 7.65. The molecule has 0 radical (unpaired) electrons. The highest BCUT2D eigenvalue weighted by Gasteiger charge is 2.40. The average molecular weight is 313 g/mol. The molecule has 1 aromatic heterocycles. The van der Waals surface area contributed by atoms with Gasteiger partial charge in [0.1, 0.15) is 0 Å². The van der Waals surface area contributed by atoms with Gasteiger partial charge in [-0.05, 0) is 38.3 Å². The van der Waals surface area contributed by atoms with Crippen LogP contribution in [0.3, 0.4) is 0 Å². The van der Waals surface area contributed by atoms with Crippen LogP contribution in [-0.2, 0) is 4.79 Å². The van der Waals surface area contributed by atoms with E-state index in [1.54, 1.807) is 4.68 Å². The van der Waals surface area contributed by atoms with Crippen molar-refractivity contribution in [2.75, 3.05) is 0 Å². The molecular formula is C17H19N3O3. The van der Waals surface area contributed by atoms with Gasteiger partial charge in [0.05, 0.1) is 35.1 Å². The average Bonchev–Trinajstić information content (AvgIpc) is 2.87. The third kappa shape index (κ3) is 2.97. The Labute approximate surface area is 134 Å². The number of nitrogens with one attached hydrogen (secondary N) is 1. The largest absolute Gasteiger partial charge is 0.481 e.